The summed E-state index contributed by atoms with van der Waals surface area (Å²) in [5, 5.41) is 8.94. The summed E-state index contributed by atoms with van der Waals surface area (Å²) in [6.07, 6.45) is 0. The number of hydrogen-bond acceptors (Lipinski definition) is 5. The third-order valence-electron chi connectivity index (χ3n) is 4.56. The van der Waals surface area contributed by atoms with Crippen LogP contribution < -0.4 is 4.90 Å². The number of imide groups is 1. The van der Waals surface area contributed by atoms with Crippen LogP contribution in [0, 0.1) is 11.3 Å². The highest BCUT2D eigenvalue weighted by atomic mass is 16.5. The molecule has 0 atom stereocenters. The van der Waals surface area contributed by atoms with Gasteiger partial charge in [-0.05, 0) is 48.0 Å². The first-order chi connectivity index (χ1) is 14.1. The van der Waals surface area contributed by atoms with Crippen molar-refractivity contribution in [1.29, 1.82) is 5.26 Å². The SMILES string of the molecule is N#Cc1cccc(COC(=O)c2cccc(N3C(=O)c4ccccc4C3=O)c2)c1. The molecule has 6 nitrogen and oxygen atoms in total. The second kappa shape index (κ2) is 7.41. The maximum atomic E-state index is 12.6. The Bertz CT molecular complexity index is 1160. The van der Waals surface area contributed by atoms with Gasteiger partial charge in [0.05, 0.1) is 34.0 Å². The Labute approximate surface area is 166 Å². The van der Waals surface area contributed by atoms with E-state index in [0.29, 0.717) is 27.9 Å². The van der Waals surface area contributed by atoms with E-state index in [1.807, 2.05) is 6.07 Å². The van der Waals surface area contributed by atoms with Gasteiger partial charge in [-0.1, -0.05) is 30.3 Å². The molecule has 0 saturated heterocycles. The van der Waals surface area contributed by atoms with Crippen molar-refractivity contribution in [2.24, 2.45) is 0 Å². The average molecular weight is 382 g/mol. The number of hydrogen-bond donors (Lipinski definition) is 0. The van der Waals surface area contributed by atoms with Crippen molar-refractivity contribution in [1.82, 2.24) is 0 Å². The van der Waals surface area contributed by atoms with E-state index in [1.165, 1.54) is 6.07 Å². The first kappa shape index (κ1) is 18.1. The summed E-state index contributed by atoms with van der Waals surface area (Å²) >= 11 is 0. The van der Waals surface area contributed by atoms with Gasteiger partial charge in [0.1, 0.15) is 6.61 Å². The van der Waals surface area contributed by atoms with Gasteiger partial charge in [-0.15, -0.1) is 0 Å². The number of fused-ring (bicyclic) bond motifs is 1. The summed E-state index contributed by atoms with van der Waals surface area (Å²) in [4.78, 5) is 38.7. The molecule has 6 heteroatoms. The molecule has 1 aliphatic heterocycles. The number of amides is 2. The van der Waals surface area contributed by atoms with E-state index in [2.05, 4.69) is 0 Å². The van der Waals surface area contributed by atoms with Gasteiger partial charge in [-0.25, -0.2) is 9.69 Å². The monoisotopic (exact) mass is 382 g/mol. The number of nitrogens with zero attached hydrogens (tertiary/aromatic N) is 2. The number of benzene rings is 3. The minimum absolute atomic E-state index is 0.00555. The number of carbonyl (C=O) groups is 3. The molecule has 1 heterocycles. The smallest absolute Gasteiger partial charge is 0.338 e. The van der Waals surface area contributed by atoms with Gasteiger partial charge in [0.15, 0.2) is 0 Å². The van der Waals surface area contributed by atoms with E-state index in [4.69, 9.17) is 10.00 Å². The molecule has 29 heavy (non-hydrogen) atoms. The molecule has 2 amide bonds. The second-order valence-corrected chi connectivity index (χ2v) is 6.43. The molecule has 3 aromatic rings. The van der Waals surface area contributed by atoms with E-state index >= 15 is 0 Å². The van der Waals surface area contributed by atoms with Crippen molar-refractivity contribution in [2.45, 2.75) is 6.61 Å². The minimum atomic E-state index is -0.592. The van der Waals surface area contributed by atoms with Crippen LogP contribution in [-0.2, 0) is 11.3 Å². The van der Waals surface area contributed by atoms with Crippen molar-refractivity contribution in [3.8, 4) is 6.07 Å². The van der Waals surface area contributed by atoms with E-state index in [9.17, 15) is 14.4 Å². The molecular weight excluding hydrogens is 368 g/mol. The third kappa shape index (κ3) is 3.37. The lowest BCUT2D eigenvalue weighted by Crippen LogP contribution is -2.29. The summed E-state index contributed by atoms with van der Waals surface area (Å²) in [6.45, 7) is 0.00555. The first-order valence-corrected chi connectivity index (χ1v) is 8.82. The number of rotatable bonds is 4. The van der Waals surface area contributed by atoms with Gasteiger partial charge >= 0.3 is 5.97 Å². The normalized spacial score (nSPS) is 12.4. The van der Waals surface area contributed by atoms with Gasteiger partial charge < -0.3 is 4.74 Å². The van der Waals surface area contributed by atoms with Crippen LogP contribution in [0.3, 0.4) is 0 Å². The van der Waals surface area contributed by atoms with Crippen LogP contribution in [0.2, 0.25) is 0 Å². The summed E-state index contributed by atoms with van der Waals surface area (Å²) in [5.74, 6) is -1.44. The van der Waals surface area contributed by atoms with Gasteiger partial charge in [-0.3, -0.25) is 9.59 Å². The fourth-order valence-electron chi connectivity index (χ4n) is 3.16. The summed E-state index contributed by atoms with van der Waals surface area (Å²) in [5.41, 5.74) is 2.36. The maximum Gasteiger partial charge on any atom is 0.338 e. The first-order valence-electron chi connectivity index (χ1n) is 8.82. The van der Waals surface area contributed by atoms with Gasteiger partial charge in [0.25, 0.3) is 11.8 Å². The lowest BCUT2D eigenvalue weighted by atomic mass is 10.1. The van der Waals surface area contributed by atoms with Crippen molar-refractivity contribution >= 4 is 23.5 Å². The molecule has 1 aliphatic rings. The standard InChI is InChI=1S/C23H14N2O4/c24-13-15-5-3-6-16(11-15)14-29-23(28)17-7-4-8-18(12-17)25-21(26)19-9-1-2-10-20(19)22(25)27/h1-12H,14H2. The molecule has 0 radical (unpaired) electrons. The third-order valence-corrected chi connectivity index (χ3v) is 4.56. The Morgan fingerprint density at radius 1 is 0.897 bits per heavy atom. The van der Waals surface area contributed by atoms with E-state index in [0.717, 1.165) is 4.90 Å². The Hall–Kier alpha value is -4.24. The maximum absolute atomic E-state index is 12.6. The summed E-state index contributed by atoms with van der Waals surface area (Å²) < 4.78 is 5.31. The largest absolute Gasteiger partial charge is 0.457 e. The van der Waals surface area contributed by atoms with E-state index in [-0.39, 0.29) is 12.2 Å². The number of nitriles is 1. The quantitative estimate of drug-likeness (QED) is 0.507. The molecule has 4 rings (SSSR count). The van der Waals surface area contributed by atoms with Crippen molar-refractivity contribution in [2.75, 3.05) is 4.90 Å². The summed E-state index contributed by atoms with van der Waals surface area (Å²) in [7, 11) is 0. The van der Waals surface area contributed by atoms with Crippen LogP contribution in [-0.4, -0.2) is 17.8 Å². The zero-order valence-corrected chi connectivity index (χ0v) is 15.2. The van der Waals surface area contributed by atoms with Crippen molar-refractivity contribution < 1.29 is 19.1 Å². The molecule has 0 bridgehead atoms. The molecule has 0 unspecified atom stereocenters. The van der Waals surface area contributed by atoms with Crippen LogP contribution >= 0.6 is 0 Å². The van der Waals surface area contributed by atoms with Crippen LogP contribution in [0.15, 0.2) is 72.8 Å². The fourth-order valence-corrected chi connectivity index (χ4v) is 3.16. The number of carbonyl (C=O) groups excluding carboxylic acids is 3. The number of esters is 1. The topological polar surface area (TPSA) is 87.5 Å². The zero-order valence-electron chi connectivity index (χ0n) is 15.2. The highest BCUT2D eigenvalue weighted by Crippen LogP contribution is 2.28. The van der Waals surface area contributed by atoms with Crippen molar-refractivity contribution in [3.05, 3.63) is 101 Å². The molecule has 0 N–H and O–H groups in total. The fraction of sp³-hybridized carbons (Fsp3) is 0.0435. The zero-order chi connectivity index (χ0) is 20.4. The number of anilines is 1. The van der Waals surface area contributed by atoms with E-state index < -0.39 is 17.8 Å². The molecular formula is C23H14N2O4. The predicted molar refractivity (Wildman–Crippen MR) is 104 cm³/mol. The van der Waals surface area contributed by atoms with Gasteiger partial charge in [0.2, 0.25) is 0 Å². The minimum Gasteiger partial charge on any atom is -0.457 e. The van der Waals surface area contributed by atoms with Crippen LogP contribution in [0.5, 0.6) is 0 Å². The molecule has 0 aliphatic carbocycles. The molecule has 0 aromatic heterocycles. The second-order valence-electron chi connectivity index (χ2n) is 6.43. The summed E-state index contributed by atoms with van der Waals surface area (Å²) in [6, 6.07) is 21.6. The highest BCUT2D eigenvalue weighted by Gasteiger charge is 2.36. The van der Waals surface area contributed by atoms with E-state index in [1.54, 1.807) is 66.7 Å². The Kier molecular flexibility index (Phi) is 4.63. The van der Waals surface area contributed by atoms with Gasteiger partial charge in [-0.2, -0.15) is 5.26 Å². The molecule has 0 saturated carbocycles. The lowest BCUT2D eigenvalue weighted by Gasteiger charge is -2.15. The Morgan fingerprint density at radius 2 is 1.59 bits per heavy atom. The van der Waals surface area contributed by atoms with Gasteiger partial charge in [0, 0.05) is 0 Å². The lowest BCUT2D eigenvalue weighted by molar-refractivity contribution is 0.0472. The Balaban J connectivity index is 1.53. The van der Waals surface area contributed by atoms with Crippen LogP contribution in [0.25, 0.3) is 0 Å². The Morgan fingerprint density at radius 3 is 2.28 bits per heavy atom. The molecule has 140 valence electrons. The number of ether oxygens (including phenoxy) is 1. The molecule has 0 spiro atoms. The van der Waals surface area contributed by atoms with Crippen molar-refractivity contribution in [3.63, 3.8) is 0 Å². The molecule has 3 aromatic carbocycles. The molecule has 0 fully saturated rings. The predicted octanol–water partition coefficient (Wildman–Crippen LogP) is 3.72. The average Bonchev–Trinajstić information content (AvgIpc) is 3.02. The highest BCUT2D eigenvalue weighted by molar-refractivity contribution is 6.34. The van der Waals surface area contributed by atoms with Crippen LogP contribution in [0.4, 0.5) is 5.69 Å². The van der Waals surface area contributed by atoms with Crippen LogP contribution in [0.1, 0.15) is 42.2 Å².